The largest absolute Gasteiger partial charge is 0.314 e. The summed E-state index contributed by atoms with van der Waals surface area (Å²) in [5.41, 5.74) is 0. The van der Waals surface area contributed by atoms with E-state index in [4.69, 9.17) is 0 Å². The topological polar surface area (TPSA) is 12.0 Å². The molecule has 0 bridgehead atoms. The van der Waals surface area contributed by atoms with E-state index in [1.54, 1.807) is 0 Å². The highest BCUT2D eigenvalue weighted by molar-refractivity contribution is 4.98. The van der Waals surface area contributed by atoms with Crippen molar-refractivity contribution in [3.05, 3.63) is 0 Å². The van der Waals surface area contributed by atoms with Crippen LogP contribution in [0.15, 0.2) is 0 Å². The Bertz CT molecular complexity index is 62.8. The molecule has 2 rings (SSSR count). The minimum Gasteiger partial charge on any atom is -0.314 e. The standard InChI is InChI=1S/C5H9N.C2H6/c1-2-6-5-3-4(1)5;1-2/h4-6H,1-3H2;1-2H3. The molecule has 1 saturated heterocycles. The van der Waals surface area contributed by atoms with Crippen molar-refractivity contribution in [1.29, 1.82) is 0 Å². The van der Waals surface area contributed by atoms with Gasteiger partial charge in [0.1, 0.15) is 0 Å². The van der Waals surface area contributed by atoms with E-state index in [9.17, 15) is 0 Å². The van der Waals surface area contributed by atoms with Crippen LogP contribution in [-0.4, -0.2) is 12.6 Å². The second-order valence-electron chi connectivity index (χ2n) is 2.35. The minimum absolute atomic E-state index is 0.963. The number of fused-ring (bicyclic) bond motifs is 1. The number of piperidine rings is 1. The van der Waals surface area contributed by atoms with Crippen molar-refractivity contribution in [3.8, 4) is 0 Å². The third-order valence-electron chi connectivity index (χ3n) is 1.84. The van der Waals surface area contributed by atoms with Crippen LogP contribution in [0.4, 0.5) is 0 Å². The first-order chi connectivity index (χ1) is 3.97. The zero-order chi connectivity index (χ0) is 5.98. The van der Waals surface area contributed by atoms with Crippen LogP contribution in [0.5, 0.6) is 0 Å². The third-order valence-corrected chi connectivity index (χ3v) is 1.84. The molecule has 8 heavy (non-hydrogen) atoms. The maximum absolute atomic E-state index is 3.39. The molecule has 1 saturated carbocycles. The molecular formula is C7H15N. The van der Waals surface area contributed by atoms with Crippen LogP contribution in [0.2, 0.25) is 0 Å². The Morgan fingerprint density at radius 1 is 1.38 bits per heavy atom. The molecule has 2 fully saturated rings. The van der Waals surface area contributed by atoms with Crippen molar-refractivity contribution in [2.45, 2.75) is 32.7 Å². The van der Waals surface area contributed by atoms with E-state index < -0.39 is 0 Å². The molecule has 48 valence electrons. The van der Waals surface area contributed by atoms with Crippen LogP contribution in [0.1, 0.15) is 26.7 Å². The first-order valence-corrected chi connectivity index (χ1v) is 3.70. The van der Waals surface area contributed by atoms with Gasteiger partial charge in [-0.1, -0.05) is 13.8 Å². The molecule has 1 aliphatic heterocycles. The molecule has 2 aliphatic rings. The fraction of sp³-hybridized carbons (Fsp3) is 1.00. The van der Waals surface area contributed by atoms with Gasteiger partial charge in [0.2, 0.25) is 0 Å². The summed E-state index contributed by atoms with van der Waals surface area (Å²) in [6, 6.07) is 0.963. The Morgan fingerprint density at radius 2 is 2.12 bits per heavy atom. The molecule has 0 amide bonds. The van der Waals surface area contributed by atoms with Gasteiger partial charge in [-0.05, 0) is 25.3 Å². The molecule has 0 radical (unpaired) electrons. The van der Waals surface area contributed by atoms with E-state index >= 15 is 0 Å². The summed E-state index contributed by atoms with van der Waals surface area (Å²) in [5, 5.41) is 3.39. The number of rotatable bonds is 0. The van der Waals surface area contributed by atoms with Crippen LogP contribution in [0, 0.1) is 5.92 Å². The van der Waals surface area contributed by atoms with E-state index in [1.165, 1.54) is 19.4 Å². The van der Waals surface area contributed by atoms with Gasteiger partial charge < -0.3 is 5.32 Å². The Balaban J connectivity index is 0.000000147. The summed E-state index contributed by atoms with van der Waals surface area (Å²) < 4.78 is 0. The quantitative estimate of drug-likeness (QED) is 0.500. The predicted molar refractivity (Wildman–Crippen MR) is 35.9 cm³/mol. The van der Waals surface area contributed by atoms with Crippen molar-refractivity contribution >= 4 is 0 Å². The van der Waals surface area contributed by atoms with Gasteiger partial charge in [0, 0.05) is 6.04 Å². The lowest BCUT2D eigenvalue weighted by Gasteiger charge is -1.86. The lowest BCUT2D eigenvalue weighted by molar-refractivity contribution is 0.741. The van der Waals surface area contributed by atoms with Gasteiger partial charge in [0.25, 0.3) is 0 Å². The van der Waals surface area contributed by atoms with Crippen molar-refractivity contribution in [3.63, 3.8) is 0 Å². The van der Waals surface area contributed by atoms with Gasteiger partial charge >= 0.3 is 0 Å². The highest BCUT2D eigenvalue weighted by atomic mass is 15.0. The van der Waals surface area contributed by atoms with E-state index in [-0.39, 0.29) is 0 Å². The average molecular weight is 113 g/mol. The molecule has 1 N–H and O–H groups in total. The normalized spacial score (nSPS) is 39.8. The number of hydrogen-bond donors (Lipinski definition) is 1. The van der Waals surface area contributed by atoms with E-state index in [1.807, 2.05) is 13.8 Å². The summed E-state index contributed by atoms with van der Waals surface area (Å²) in [6.07, 6.45) is 2.92. The highest BCUT2D eigenvalue weighted by Crippen LogP contribution is 2.37. The van der Waals surface area contributed by atoms with Crippen molar-refractivity contribution in [2.75, 3.05) is 6.54 Å². The number of hydrogen-bond acceptors (Lipinski definition) is 1. The third kappa shape index (κ3) is 1.03. The predicted octanol–water partition coefficient (Wildman–Crippen LogP) is 1.39. The Kier molecular flexibility index (Phi) is 1.90. The van der Waals surface area contributed by atoms with Gasteiger partial charge in [0.15, 0.2) is 0 Å². The molecular weight excluding hydrogens is 98.1 g/mol. The first-order valence-electron chi connectivity index (χ1n) is 3.70. The zero-order valence-corrected chi connectivity index (χ0v) is 5.78. The van der Waals surface area contributed by atoms with Gasteiger partial charge in [0.05, 0.1) is 0 Å². The molecule has 0 spiro atoms. The molecule has 0 aromatic rings. The number of nitrogens with one attached hydrogen (secondary N) is 1. The Hall–Kier alpha value is -0.0400. The molecule has 1 nitrogen and oxygen atoms in total. The minimum atomic E-state index is 0.963. The second-order valence-corrected chi connectivity index (χ2v) is 2.35. The van der Waals surface area contributed by atoms with Crippen LogP contribution in [-0.2, 0) is 0 Å². The molecule has 0 aromatic heterocycles. The second kappa shape index (κ2) is 2.49. The van der Waals surface area contributed by atoms with E-state index in [2.05, 4.69) is 5.32 Å². The maximum atomic E-state index is 3.39. The van der Waals surface area contributed by atoms with Crippen LogP contribution >= 0.6 is 0 Å². The smallest absolute Gasteiger partial charge is 0.00996 e. The monoisotopic (exact) mass is 113 g/mol. The summed E-state index contributed by atoms with van der Waals surface area (Å²) >= 11 is 0. The molecule has 1 heteroatoms. The van der Waals surface area contributed by atoms with E-state index in [0.717, 1.165) is 12.0 Å². The lowest BCUT2D eigenvalue weighted by Crippen LogP contribution is -2.10. The molecule has 2 unspecified atom stereocenters. The van der Waals surface area contributed by atoms with Crippen molar-refractivity contribution in [1.82, 2.24) is 5.32 Å². The highest BCUT2D eigenvalue weighted by Gasteiger charge is 2.40. The SMILES string of the molecule is C1CC2CC2N1.CC. The molecule has 1 aliphatic carbocycles. The zero-order valence-electron chi connectivity index (χ0n) is 5.78. The summed E-state index contributed by atoms with van der Waals surface area (Å²) in [5.74, 6) is 1.10. The Labute approximate surface area is 51.5 Å². The fourth-order valence-electron chi connectivity index (χ4n) is 1.27. The maximum Gasteiger partial charge on any atom is 0.00996 e. The van der Waals surface area contributed by atoms with Crippen LogP contribution in [0.25, 0.3) is 0 Å². The lowest BCUT2D eigenvalue weighted by atomic mass is 10.3. The van der Waals surface area contributed by atoms with Crippen LogP contribution in [0.3, 0.4) is 0 Å². The van der Waals surface area contributed by atoms with E-state index in [0.29, 0.717) is 0 Å². The van der Waals surface area contributed by atoms with Gasteiger partial charge in [-0.3, -0.25) is 0 Å². The Morgan fingerprint density at radius 3 is 2.25 bits per heavy atom. The van der Waals surface area contributed by atoms with Crippen LogP contribution < -0.4 is 5.32 Å². The average Bonchev–Trinajstić information content (AvgIpc) is 2.46. The first kappa shape index (κ1) is 6.09. The molecule has 2 atom stereocenters. The summed E-state index contributed by atoms with van der Waals surface area (Å²) in [7, 11) is 0. The van der Waals surface area contributed by atoms with Gasteiger partial charge in [-0.25, -0.2) is 0 Å². The molecule has 1 heterocycles. The fourth-order valence-corrected chi connectivity index (χ4v) is 1.27. The summed E-state index contributed by atoms with van der Waals surface area (Å²) in [6.45, 7) is 5.29. The summed E-state index contributed by atoms with van der Waals surface area (Å²) in [4.78, 5) is 0. The van der Waals surface area contributed by atoms with Gasteiger partial charge in [-0.15, -0.1) is 0 Å². The van der Waals surface area contributed by atoms with Crippen molar-refractivity contribution < 1.29 is 0 Å². The van der Waals surface area contributed by atoms with Gasteiger partial charge in [-0.2, -0.15) is 0 Å². The molecule has 0 aromatic carbocycles. The van der Waals surface area contributed by atoms with Crippen molar-refractivity contribution in [2.24, 2.45) is 5.92 Å².